The molecule has 0 aliphatic rings. The van der Waals surface area contributed by atoms with Gasteiger partial charge in [-0.05, 0) is 6.92 Å². The fourth-order valence-corrected chi connectivity index (χ4v) is 0.515. The van der Waals surface area contributed by atoms with Crippen molar-refractivity contribution in [2.75, 3.05) is 13.7 Å². The molecule has 0 radical (unpaired) electrons. The molecular formula is C8H11NO2. The Morgan fingerprint density at radius 3 is 2.64 bits per heavy atom. The highest BCUT2D eigenvalue weighted by molar-refractivity contribution is 5.91. The first-order valence-corrected chi connectivity index (χ1v) is 3.08. The van der Waals surface area contributed by atoms with E-state index in [0.717, 1.165) is 5.06 Å². The fraction of sp³-hybridized carbons (Fsp3) is 0.375. The lowest BCUT2D eigenvalue weighted by Gasteiger charge is -2.15. The van der Waals surface area contributed by atoms with E-state index in [1.54, 1.807) is 6.92 Å². The molecule has 11 heavy (non-hydrogen) atoms. The number of hydroxylamine groups is 2. The van der Waals surface area contributed by atoms with Gasteiger partial charge in [0, 0.05) is 5.57 Å². The summed E-state index contributed by atoms with van der Waals surface area (Å²) in [6.07, 6.45) is 4.99. The lowest BCUT2D eigenvalue weighted by atomic mass is 10.3. The monoisotopic (exact) mass is 153 g/mol. The lowest BCUT2D eigenvalue weighted by Crippen LogP contribution is -2.30. The second kappa shape index (κ2) is 4.53. The molecule has 0 unspecified atom stereocenters. The minimum Gasteiger partial charge on any atom is -0.273 e. The van der Waals surface area contributed by atoms with Gasteiger partial charge in [0.05, 0.1) is 7.11 Å². The van der Waals surface area contributed by atoms with E-state index < -0.39 is 0 Å². The molecule has 0 fully saturated rings. The van der Waals surface area contributed by atoms with Gasteiger partial charge in [-0.25, -0.2) is 5.06 Å². The number of terminal acetylenes is 1. The predicted octanol–water partition coefficient (Wildman–Crippen LogP) is 0.586. The summed E-state index contributed by atoms with van der Waals surface area (Å²) in [5, 5.41) is 1.07. The molecular weight excluding hydrogens is 142 g/mol. The van der Waals surface area contributed by atoms with Crippen molar-refractivity contribution in [3.8, 4) is 12.3 Å². The van der Waals surface area contributed by atoms with Gasteiger partial charge in [0.1, 0.15) is 6.54 Å². The second-order valence-electron chi connectivity index (χ2n) is 2.01. The molecule has 3 nitrogen and oxygen atoms in total. The number of amides is 1. The first-order chi connectivity index (χ1) is 5.13. The van der Waals surface area contributed by atoms with Gasteiger partial charge in [0.2, 0.25) is 0 Å². The van der Waals surface area contributed by atoms with E-state index in [4.69, 9.17) is 11.3 Å². The van der Waals surface area contributed by atoms with E-state index >= 15 is 0 Å². The van der Waals surface area contributed by atoms with Crippen molar-refractivity contribution in [1.29, 1.82) is 0 Å². The van der Waals surface area contributed by atoms with E-state index in [1.165, 1.54) is 7.11 Å². The zero-order valence-corrected chi connectivity index (χ0v) is 6.76. The summed E-state index contributed by atoms with van der Waals surface area (Å²) in [5.74, 6) is 2.01. The van der Waals surface area contributed by atoms with Crippen molar-refractivity contribution in [2.24, 2.45) is 0 Å². The normalized spacial score (nSPS) is 8.45. The van der Waals surface area contributed by atoms with Crippen LogP contribution in [0.15, 0.2) is 12.2 Å². The molecule has 0 bridgehead atoms. The summed E-state index contributed by atoms with van der Waals surface area (Å²) in [5.41, 5.74) is 0.405. The summed E-state index contributed by atoms with van der Waals surface area (Å²) < 4.78 is 0. The van der Waals surface area contributed by atoms with Crippen molar-refractivity contribution < 1.29 is 9.63 Å². The third-order valence-electron chi connectivity index (χ3n) is 1.05. The molecule has 0 N–H and O–H groups in total. The number of rotatable bonds is 3. The van der Waals surface area contributed by atoms with E-state index in [1.807, 2.05) is 0 Å². The van der Waals surface area contributed by atoms with Gasteiger partial charge >= 0.3 is 0 Å². The van der Waals surface area contributed by atoms with Crippen LogP contribution < -0.4 is 0 Å². The summed E-state index contributed by atoms with van der Waals surface area (Å²) in [7, 11) is 1.39. The van der Waals surface area contributed by atoms with Crippen molar-refractivity contribution in [3.05, 3.63) is 12.2 Å². The zero-order valence-electron chi connectivity index (χ0n) is 6.76. The number of hydrogen-bond acceptors (Lipinski definition) is 2. The largest absolute Gasteiger partial charge is 0.273 e. The molecule has 0 aliphatic carbocycles. The molecule has 0 aromatic rings. The Hall–Kier alpha value is -1.27. The van der Waals surface area contributed by atoms with Gasteiger partial charge in [-0.3, -0.25) is 9.63 Å². The van der Waals surface area contributed by atoms with E-state index in [0.29, 0.717) is 5.57 Å². The Balaban J connectivity index is 4.16. The van der Waals surface area contributed by atoms with Gasteiger partial charge in [-0.1, -0.05) is 12.5 Å². The smallest absolute Gasteiger partial charge is 0.273 e. The van der Waals surface area contributed by atoms with Gasteiger partial charge in [0.25, 0.3) is 5.91 Å². The Morgan fingerprint density at radius 1 is 1.82 bits per heavy atom. The molecule has 0 aromatic carbocycles. The number of hydrogen-bond donors (Lipinski definition) is 0. The Bertz CT molecular complexity index is 203. The van der Waals surface area contributed by atoms with Crippen LogP contribution in [0.3, 0.4) is 0 Å². The lowest BCUT2D eigenvalue weighted by molar-refractivity contribution is -0.167. The minimum atomic E-state index is -0.287. The van der Waals surface area contributed by atoms with Crippen molar-refractivity contribution in [2.45, 2.75) is 6.92 Å². The summed E-state index contributed by atoms with van der Waals surface area (Å²) in [4.78, 5) is 15.8. The SMILES string of the molecule is C#CCN(OC)C(=O)C(=C)C. The average molecular weight is 153 g/mol. The summed E-state index contributed by atoms with van der Waals surface area (Å²) in [6.45, 7) is 5.21. The van der Waals surface area contributed by atoms with Crippen molar-refractivity contribution >= 4 is 5.91 Å². The third kappa shape index (κ3) is 2.87. The van der Waals surface area contributed by atoms with Crippen LogP contribution in [0, 0.1) is 12.3 Å². The van der Waals surface area contributed by atoms with Crippen LogP contribution in [0.5, 0.6) is 0 Å². The molecule has 0 atom stereocenters. The van der Waals surface area contributed by atoms with Gasteiger partial charge in [0.15, 0.2) is 0 Å². The highest BCUT2D eigenvalue weighted by atomic mass is 16.7. The maximum absolute atomic E-state index is 11.1. The number of carbonyl (C=O) groups is 1. The van der Waals surface area contributed by atoms with Crippen LogP contribution in [-0.4, -0.2) is 24.6 Å². The second-order valence-corrected chi connectivity index (χ2v) is 2.01. The predicted molar refractivity (Wildman–Crippen MR) is 42.4 cm³/mol. The summed E-state index contributed by atoms with van der Waals surface area (Å²) in [6, 6.07) is 0. The van der Waals surface area contributed by atoms with Crippen molar-refractivity contribution in [1.82, 2.24) is 5.06 Å². The highest BCUT2D eigenvalue weighted by Crippen LogP contribution is 1.97. The quantitative estimate of drug-likeness (QED) is 0.337. The Kier molecular flexibility index (Phi) is 4.01. The van der Waals surface area contributed by atoms with Gasteiger partial charge in [-0.2, -0.15) is 0 Å². The number of nitrogens with zero attached hydrogens (tertiary/aromatic N) is 1. The maximum Gasteiger partial charge on any atom is 0.273 e. The molecule has 1 amide bonds. The zero-order chi connectivity index (χ0) is 8.85. The molecule has 0 spiro atoms. The molecule has 60 valence electrons. The molecule has 0 saturated heterocycles. The van der Waals surface area contributed by atoms with Crippen LogP contribution in [0.1, 0.15) is 6.92 Å². The Labute approximate surface area is 66.6 Å². The van der Waals surface area contributed by atoms with Crippen LogP contribution in [0.2, 0.25) is 0 Å². The number of carbonyl (C=O) groups excluding carboxylic acids is 1. The first kappa shape index (κ1) is 9.73. The van der Waals surface area contributed by atoms with Crippen molar-refractivity contribution in [3.63, 3.8) is 0 Å². The van der Waals surface area contributed by atoms with Crippen LogP contribution in [0.25, 0.3) is 0 Å². The molecule has 3 heteroatoms. The highest BCUT2D eigenvalue weighted by Gasteiger charge is 2.11. The fourth-order valence-electron chi connectivity index (χ4n) is 0.515. The topological polar surface area (TPSA) is 29.5 Å². The first-order valence-electron chi connectivity index (χ1n) is 3.08. The van der Waals surface area contributed by atoms with E-state index in [9.17, 15) is 4.79 Å². The van der Waals surface area contributed by atoms with Gasteiger partial charge in [-0.15, -0.1) is 6.42 Å². The molecule has 0 heterocycles. The van der Waals surface area contributed by atoms with E-state index in [-0.39, 0.29) is 12.5 Å². The molecule has 0 saturated carbocycles. The molecule has 0 aliphatic heterocycles. The van der Waals surface area contributed by atoms with Gasteiger partial charge < -0.3 is 0 Å². The Morgan fingerprint density at radius 2 is 2.36 bits per heavy atom. The van der Waals surface area contributed by atoms with Crippen LogP contribution >= 0.6 is 0 Å². The van der Waals surface area contributed by atoms with Crippen LogP contribution in [-0.2, 0) is 9.63 Å². The van der Waals surface area contributed by atoms with E-state index in [2.05, 4.69) is 12.5 Å². The molecule has 0 rings (SSSR count). The maximum atomic E-state index is 11.1. The third-order valence-corrected chi connectivity index (χ3v) is 1.05. The minimum absolute atomic E-state index is 0.141. The standard InChI is InChI=1S/C8H11NO2/c1-5-6-9(11-4)8(10)7(2)3/h1H,2,6H2,3-4H3. The average Bonchev–Trinajstić information content (AvgIpc) is 1.98. The summed E-state index contributed by atoms with van der Waals surface area (Å²) >= 11 is 0. The van der Waals surface area contributed by atoms with Crippen LogP contribution in [0.4, 0.5) is 0 Å². The molecule has 0 aromatic heterocycles.